The molecule has 0 unspecified atom stereocenters. The summed E-state index contributed by atoms with van der Waals surface area (Å²) in [7, 11) is 0. The van der Waals surface area contributed by atoms with E-state index in [-0.39, 0.29) is 5.41 Å². The smallest absolute Gasteiger partial charge is 0.143 e. The average molecular weight is 653 g/mol. The minimum atomic E-state index is 0.130. The molecular formula is C50H36O. The fourth-order valence-electron chi connectivity index (χ4n) is 8.14. The molecule has 0 aliphatic rings. The summed E-state index contributed by atoms with van der Waals surface area (Å²) in [5, 5.41) is 10.1. The lowest BCUT2D eigenvalue weighted by Crippen LogP contribution is -2.10. The molecule has 0 amide bonds. The Balaban J connectivity index is 1.04. The van der Waals surface area contributed by atoms with Gasteiger partial charge in [-0.3, -0.25) is 0 Å². The Labute approximate surface area is 297 Å². The molecule has 0 fully saturated rings. The Hall–Kier alpha value is -6.18. The van der Waals surface area contributed by atoms with E-state index in [9.17, 15) is 0 Å². The van der Waals surface area contributed by atoms with Gasteiger partial charge < -0.3 is 4.42 Å². The lowest BCUT2D eigenvalue weighted by Gasteiger charge is -2.20. The van der Waals surface area contributed by atoms with E-state index in [0.717, 1.165) is 33.1 Å². The van der Waals surface area contributed by atoms with Gasteiger partial charge in [0.25, 0.3) is 0 Å². The van der Waals surface area contributed by atoms with E-state index in [1.165, 1.54) is 71.3 Å². The Morgan fingerprint density at radius 3 is 1.59 bits per heavy atom. The second-order valence-electron chi connectivity index (χ2n) is 14.9. The van der Waals surface area contributed by atoms with E-state index < -0.39 is 0 Å². The van der Waals surface area contributed by atoms with E-state index in [2.05, 4.69) is 172 Å². The quantitative estimate of drug-likeness (QED) is 0.172. The van der Waals surface area contributed by atoms with E-state index >= 15 is 0 Å². The third-order valence-corrected chi connectivity index (χ3v) is 10.8. The van der Waals surface area contributed by atoms with Crippen molar-refractivity contribution < 1.29 is 4.42 Å². The molecule has 10 rings (SSSR count). The first-order chi connectivity index (χ1) is 24.9. The SMILES string of the molecule is CC(C)(C)c1ccc(-c2ccc3ccc4c(-c5ccc(-c6cccc(-c7cccc8c7oc7ccccc78)c6)cc5)ccc5ccc2c3c54)cc1. The molecule has 10 aromatic rings. The third kappa shape index (κ3) is 4.77. The third-order valence-electron chi connectivity index (χ3n) is 10.8. The van der Waals surface area contributed by atoms with Gasteiger partial charge in [0.2, 0.25) is 0 Å². The van der Waals surface area contributed by atoms with Crippen molar-refractivity contribution in [2.75, 3.05) is 0 Å². The molecule has 0 N–H and O–H groups in total. The molecule has 51 heavy (non-hydrogen) atoms. The largest absolute Gasteiger partial charge is 0.455 e. The summed E-state index contributed by atoms with van der Waals surface area (Å²) >= 11 is 0. The monoisotopic (exact) mass is 652 g/mol. The van der Waals surface area contributed by atoms with Crippen LogP contribution in [0, 0.1) is 0 Å². The molecule has 0 bridgehead atoms. The predicted octanol–water partition coefficient (Wildman–Crippen LogP) is 14.4. The molecule has 0 saturated heterocycles. The van der Waals surface area contributed by atoms with Gasteiger partial charge >= 0.3 is 0 Å². The van der Waals surface area contributed by atoms with Crippen molar-refractivity contribution in [3.05, 3.63) is 169 Å². The molecular weight excluding hydrogens is 617 g/mol. The highest BCUT2D eigenvalue weighted by atomic mass is 16.3. The van der Waals surface area contributed by atoms with Gasteiger partial charge in [0.15, 0.2) is 0 Å². The Bertz CT molecular complexity index is 2920. The fraction of sp³-hybridized carbons (Fsp3) is 0.0800. The first kappa shape index (κ1) is 29.7. The number of benzene rings is 9. The van der Waals surface area contributed by atoms with Gasteiger partial charge in [-0.05, 0) is 94.4 Å². The van der Waals surface area contributed by atoms with Crippen molar-refractivity contribution in [2.24, 2.45) is 0 Å². The molecule has 1 heterocycles. The van der Waals surface area contributed by atoms with Gasteiger partial charge in [0, 0.05) is 16.3 Å². The maximum Gasteiger partial charge on any atom is 0.143 e. The summed E-state index contributed by atoms with van der Waals surface area (Å²) in [4.78, 5) is 0. The van der Waals surface area contributed by atoms with Crippen LogP contribution in [0.3, 0.4) is 0 Å². The molecule has 0 aliphatic carbocycles. The van der Waals surface area contributed by atoms with E-state index in [1.54, 1.807) is 0 Å². The second kappa shape index (κ2) is 11.2. The van der Waals surface area contributed by atoms with E-state index in [4.69, 9.17) is 4.42 Å². The topological polar surface area (TPSA) is 13.1 Å². The van der Waals surface area contributed by atoms with Gasteiger partial charge in [0.05, 0.1) is 0 Å². The lowest BCUT2D eigenvalue weighted by molar-refractivity contribution is 0.590. The molecule has 1 heteroatoms. The summed E-state index contributed by atoms with van der Waals surface area (Å²) in [5.74, 6) is 0. The molecule has 1 aromatic heterocycles. The second-order valence-corrected chi connectivity index (χ2v) is 14.9. The van der Waals surface area contributed by atoms with Crippen LogP contribution in [0.5, 0.6) is 0 Å². The maximum atomic E-state index is 6.37. The first-order valence-corrected chi connectivity index (χ1v) is 17.8. The predicted molar refractivity (Wildman–Crippen MR) is 218 cm³/mol. The standard InChI is InChI=1S/C50H36O/c1-50(2,3)38-24-18-33(19-25-38)40-27-21-35-22-28-43-39(26-20-34-23-29-44(40)48(35)47(34)43)32-16-14-31(15-17-32)36-8-6-9-37(30-36)41-11-7-12-45-42-10-4-5-13-46(42)51-49(41)45/h4-30H,1-3H3. The Kier molecular flexibility index (Phi) is 6.51. The number of fused-ring (bicyclic) bond motifs is 3. The summed E-state index contributed by atoms with van der Waals surface area (Å²) in [6.07, 6.45) is 0. The number of furan rings is 1. The van der Waals surface area contributed by atoms with Crippen LogP contribution in [0.15, 0.2) is 168 Å². The van der Waals surface area contributed by atoms with Crippen molar-refractivity contribution in [2.45, 2.75) is 26.2 Å². The zero-order valence-electron chi connectivity index (χ0n) is 29.0. The molecule has 0 spiro atoms. The van der Waals surface area contributed by atoms with Crippen LogP contribution < -0.4 is 0 Å². The molecule has 0 atom stereocenters. The molecule has 0 aliphatic heterocycles. The minimum absolute atomic E-state index is 0.130. The fourth-order valence-corrected chi connectivity index (χ4v) is 8.14. The summed E-state index contributed by atoms with van der Waals surface area (Å²) in [5.41, 5.74) is 13.0. The summed E-state index contributed by atoms with van der Waals surface area (Å²) in [6.45, 7) is 6.81. The van der Waals surface area contributed by atoms with Crippen LogP contribution in [-0.2, 0) is 5.41 Å². The number of rotatable bonds is 4. The Morgan fingerprint density at radius 2 is 0.922 bits per heavy atom. The van der Waals surface area contributed by atoms with Crippen molar-refractivity contribution in [1.29, 1.82) is 0 Å². The van der Waals surface area contributed by atoms with Crippen molar-refractivity contribution in [3.8, 4) is 44.5 Å². The van der Waals surface area contributed by atoms with Crippen molar-refractivity contribution in [3.63, 3.8) is 0 Å². The van der Waals surface area contributed by atoms with Gasteiger partial charge in [0.1, 0.15) is 11.2 Å². The lowest BCUT2D eigenvalue weighted by atomic mass is 9.85. The van der Waals surface area contributed by atoms with Crippen LogP contribution in [0.4, 0.5) is 0 Å². The zero-order chi connectivity index (χ0) is 34.3. The number of hydrogen-bond acceptors (Lipinski definition) is 1. The molecule has 0 radical (unpaired) electrons. The molecule has 0 saturated carbocycles. The normalized spacial score (nSPS) is 12.2. The molecule has 9 aromatic carbocycles. The van der Waals surface area contributed by atoms with Gasteiger partial charge in [-0.1, -0.05) is 172 Å². The van der Waals surface area contributed by atoms with E-state index in [0.29, 0.717) is 0 Å². The maximum absolute atomic E-state index is 6.37. The highest BCUT2D eigenvalue weighted by molar-refractivity contribution is 6.27. The summed E-state index contributed by atoms with van der Waals surface area (Å²) < 4.78 is 6.37. The highest BCUT2D eigenvalue weighted by Crippen LogP contribution is 2.43. The zero-order valence-corrected chi connectivity index (χ0v) is 29.0. The van der Waals surface area contributed by atoms with Crippen LogP contribution >= 0.6 is 0 Å². The van der Waals surface area contributed by atoms with E-state index in [1.807, 2.05) is 12.1 Å². The van der Waals surface area contributed by atoms with Gasteiger partial charge in [-0.15, -0.1) is 0 Å². The van der Waals surface area contributed by atoms with Crippen LogP contribution in [0.25, 0.3) is 98.8 Å². The molecule has 242 valence electrons. The average Bonchev–Trinajstić information content (AvgIpc) is 3.56. The first-order valence-electron chi connectivity index (χ1n) is 17.8. The van der Waals surface area contributed by atoms with Crippen molar-refractivity contribution >= 4 is 54.3 Å². The minimum Gasteiger partial charge on any atom is -0.455 e. The summed E-state index contributed by atoms with van der Waals surface area (Å²) in [6, 6.07) is 60.1. The van der Waals surface area contributed by atoms with Gasteiger partial charge in [-0.25, -0.2) is 0 Å². The van der Waals surface area contributed by atoms with Crippen LogP contribution in [-0.4, -0.2) is 0 Å². The molecule has 1 nitrogen and oxygen atoms in total. The highest BCUT2D eigenvalue weighted by Gasteiger charge is 2.17. The van der Waals surface area contributed by atoms with Crippen LogP contribution in [0.2, 0.25) is 0 Å². The van der Waals surface area contributed by atoms with Crippen LogP contribution in [0.1, 0.15) is 26.3 Å². The number of para-hydroxylation sites is 2. The Morgan fingerprint density at radius 1 is 0.373 bits per heavy atom. The van der Waals surface area contributed by atoms with Gasteiger partial charge in [-0.2, -0.15) is 0 Å². The van der Waals surface area contributed by atoms with Crippen molar-refractivity contribution in [1.82, 2.24) is 0 Å². The number of hydrogen-bond donors (Lipinski definition) is 0.